The van der Waals surface area contributed by atoms with Crippen molar-refractivity contribution < 1.29 is 5.11 Å². The fourth-order valence-corrected chi connectivity index (χ4v) is 1.89. The number of aryl methyl sites for hydroxylation is 3. The van der Waals surface area contributed by atoms with E-state index < -0.39 is 0 Å². The molecule has 0 aromatic heterocycles. The number of aliphatic hydroxyl groups excluding tert-OH is 1. The molecule has 84 valence electrons. The first kappa shape index (κ1) is 12.2. The van der Waals surface area contributed by atoms with Crippen molar-refractivity contribution in [1.82, 2.24) is 5.32 Å². The zero-order chi connectivity index (χ0) is 11.4. The topological polar surface area (TPSA) is 32.3 Å². The van der Waals surface area contributed by atoms with Gasteiger partial charge in [0.1, 0.15) is 0 Å². The van der Waals surface area contributed by atoms with E-state index in [0.717, 1.165) is 6.54 Å². The van der Waals surface area contributed by atoms with E-state index in [1.807, 2.05) is 0 Å². The molecule has 15 heavy (non-hydrogen) atoms. The van der Waals surface area contributed by atoms with Crippen LogP contribution < -0.4 is 5.32 Å². The summed E-state index contributed by atoms with van der Waals surface area (Å²) in [5.74, 6) is 0. The van der Waals surface area contributed by atoms with Gasteiger partial charge < -0.3 is 10.4 Å². The number of rotatable bonds is 4. The Balaban J connectivity index is 2.68. The second-order valence-corrected chi connectivity index (χ2v) is 4.36. The Labute approximate surface area is 92.3 Å². The summed E-state index contributed by atoms with van der Waals surface area (Å²) in [4.78, 5) is 0. The maximum absolute atomic E-state index is 9.15. The van der Waals surface area contributed by atoms with E-state index in [9.17, 15) is 0 Å². The standard InChI is InChI=1S/C13H21NO/c1-9-5-10(2)13(11(3)6-9)8-14-7-12(4)15/h5-6,12,14-15H,7-8H2,1-4H3. The first-order valence-electron chi connectivity index (χ1n) is 5.46. The summed E-state index contributed by atoms with van der Waals surface area (Å²) < 4.78 is 0. The third kappa shape index (κ3) is 3.65. The van der Waals surface area contributed by atoms with E-state index in [-0.39, 0.29) is 6.10 Å². The lowest BCUT2D eigenvalue weighted by molar-refractivity contribution is 0.191. The zero-order valence-electron chi connectivity index (χ0n) is 10.1. The molecule has 0 amide bonds. The van der Waals surface area contributed by atoms with E-state index in [1.165, 1.54) is 22.3 Å². The van der Waals surface area contributed by atoms with E-state index in [2.05, 4.69) is 38.2 Å². The molecule has 0 spiro atoms. The van der Waals surface area contributed by atoms with Crippen LogP contribution in [0.1, 0.15) is 29.2 Å². The fraction of sp³-hybridized carbons (Fsp3) is 0.538. The van der Waals surface area contributed by atoms with Gasteiger partial charge in [0.2, 0.25) is 0 Å². The predicted octanol–water partition coefficient (Wildman–Crippen LogP) is 2.08. The van der Waals surface area contributed by atoms with Gasteiger partial charge in [-0.1, -0.05) is 17.7 Å². The highest BCUT2D eigenvalue weighted by atomic mass is 16.3. The summed E-state index contributed by atoms with van der Waals surface area (Å²) in [7, 11) is 0. The number of nitrogens with one attached hydrogen (secondary N) is 1. The monoisotopic (exact) mass is 207 g/mol. The van der Waals surface area contributed by atoms with Crippen LogP contribution in [0.3, 0.4) is 0 Å². The Bertz CT molecular complexity index is 308. The van der Waals surface area contributed by atoms with Gasteiger partial charge >= 0.3 is 0 Å². The molecule has 0 aliphatic heterocycles. The van der Waals surface area contributed by atoms with Crippen molar-refractivity contribution in [3.8, 4) is 0 Å². The molecule has 1 aromatic rings. The van der Waals surface area contributed by atoms with Crippen LogP contribution in [-0.4, -0.2) is 17.8 Å². The quantitative estimate of drug-likeness (QED) is 0.792. The minimum absolute atomic E-state index is 0.281. The van der Waals surface area contributed by atoms with Crippen molar-refractivity contribution in [1.29, 1.82) is 0 Å². The summed E-state index contributed by atoms with van der Waals surface area (Å²) in [5, 5.41) is 12.4. The van der Waals surface area contributed by atoms with Crippen LogP contribution in [0.5, 0.6) is 0 Å². The van der Waals surface area contributed by atoms with Crippen LogP contribution in [0.25, 0.3) is 0 Å². The summed E-state index contributed by atoms with van der Waals surface area (Å²) in [6, 6.07) is 4.40. The molecule has 1 aromatic carbocycles. The lowest BCUT2D eigenvalue weighted by Gasteiger charge is -2.13. The molecule has 0 radical (unpaired) electrons. The van der Waals surface area contributed by atoms with Crippen LogP contribution in [0.15, 0.2) is 12.1 Å². The van der Waals surface area contributed by atoms with E-state index in [0.29, 0.717) is 6.54 Å². The number of hydrogen-bond donors (Lipinski definition) is 2. The van der Waals surface area contributed by atoms with E-state index in [1.54, 1.807) is 6.92 Å². The number of benzene rings is 1. The predicted molar refractivity (Wildman–Crippen MR) is 64.0 cm³/mol. The molecule has 0 fully saturated rings. The lowest BCUT2D eigenvalue weighted by atomic mass is 10.00. The lowest BCUT2D eigenvalue weighted by Crippen LogP contribution is -2.24. The molecule has 1 rings (SSSR count). The summed E-state index contributed by atoms with van der Waals surface area (Å²) in [6.45, 7) is 9.67. The number of hydrogen-bond acceptors (Lipinski definition) is 2. The number of aliphatic hydroxyl groups is 1. The van der Waals surface area contributed by atoms with Crippen molar-refractivity contribution in [2.75, 3.05) is 6.54 Å². The smallest absolute Gasteiger partial charge is 0.0636 e. The Hall–Kier alpha value is -0.860. The average Bonchev–Trinajstić information content (AvgIpc) is 2.08. The molecule has 2 nitrogen and oxygen atoms in total. The van der Waals surface area contributed by atoms with Crippen LogP contribution in [0, 0.1) is 20.8 Å². The average molecular weight is 207 g/mol. The fourth-order valence-electron chi connectivity index (χ4n) is 1.89. The molecule has 0 aliphatic carbocycles. The van der Waals surface area contributed by atoms with Gasteiger partial charge in [0.15, 0.2) is 0 Å². The molecule has 0 saturated heterocycles. The third-order valence-corrected chi connectivity index (χ3v) is 2.58. The van der Waals surface area contributed by atoms with Gasteiger partial charge in [0, 0.05) is 13.1 Å². The normalized spacial score (nSPS) is 12.9. The summed E-state index contributed by atoms with van der Waals surface area (Å²) >= 11 is 0. The van der Waals surface area contributed by atoms with Gasteiger partial charge in [-0.3, -0.25) is 0 Å². The largest absolute Gasteiger partial charge is 0.392 e. The van der Waals surface area contributed by atoms with Gasteiger partial charge in [-0.2, -0.15) is 0 Å². The highest BCUT2D eigenvalue weighted by Crippen LogP contribution is 2.15. The van der Waals surface area contributed by atoms with E-state index in [4.69, 9.17) is 5.11 Å². The summed E-state index contributed by atoms with van der Waals surface area (Å²) in [5.41, 5.74) is 5.31. The second-order valence-electron chi connectivity index (χ2n) is 4.36. The molecule has 0 saturated carbocycles. The second kappa shape index (κ2) is 5.29. The first-order valence-corrected chi connectivity index (χ1v) is 5.46. The molecule has 2 N–H and O–H groups in total. The van der Waals surface area contributed by atoms with Crippen molar-refractivity contribution in [3.63, 3.8) is 0 Å². The van der Waals surface area contributed by atoms with Gasteiger partial charge in [-0.05, 0) is 44.4 Å². The maximum atomic E-state index is 9.15. The molecule has 2 heteroatoms. The van der Waals surface area contributed by atoms with E-state index >= 15 is 0 Å². The third-order valence-electron chi connectivity index (χ3n) is 2.58. The van der Waals surface area contributed by atoms with Crippen molar-refractivity contribution in [2.24, 2.45) is 0 Å². The highest BCUT2D eigenvalue weighted by molar-refractivity contribution is 5.37. The van der Waals surface area contributed by atoms with Gasteiger partial charge in [-0.15, -0.1) is 0 Å². The molecule has 1 unspecified atom stereocenters. The molecule has 0 aliphatic rings. The maximum Gasteiger partial charge on any atom is 0.0636 e. The Kier molecular flexibility index (Phi) is 4.30. The van der Waals surface area contributed by atoms with Gasteiger partial charge in [0.25, 0.3) is 0 Å². The zero-order valence-corrected chi connectivity index (χ0v) is 10.1. The SMILES string of the molecule is Cc1cc(C)c(CNCC(C)O)c(C)c1. The molecule has 0 heterocycles. The van der Waals surface area contributed by atoms with Crippen molar-refractivity contribution in [3.05, 3.63) is 34.4 Å². The van der Waals surface area contributed by atoms with Crippen LogP contribution >= 0.6 is 0 Å². The molecule has 0 bridgehead atoms. The molecular formula is C13H21NO. The van der Waals surface area contributed by atoms with Gasteiger partial charge in [-0.25, -0.2) is 0 Å². The Morgan fingerprint density at radius 3 is 2.20 bits per heavy atom. The minimum Gasteiger partial charge on any atom is -0.392 e. The highest BCUT2D eigenvalue weighted by Gasteiger charge is 2.03. The van der Waals surface area contributed by atoms with Crippen LogP contribution in [-0.2, 0) is 6.54 Å². The minimum atomic E-state index is -0.281. The van der Waals surface area contributed by atoms with Crippen molar-refractivity contribution in [2.45, 2.75) is 40.3 Å². The Morgan fingerprint density at radius 1 is 1.20 bits per heavy atom. The van der Waals surface area contributed by atoms with Crippen molar-refractivity contribution >= 4 is 0 Å². The Morgan fingerprint density at radius 2 is 1.73 bits per heavy atom. The summed E-state index contributed by atoms with van der Waals surface area (Å²) in [6.07, 6.45) is -0.281. The van der Waals surface area contributed by atoms with Crippen LogP contribution in [0.4, 0.5) is 0 Å². The van der Waals surface area contributed by atoms with Gasteiger partial charge in [0.05, 0.1) is 6.10 Å². The van der Waals surface area contributed by atoms with Crippen LogP contribution in [0.2, 0.25) is 0 Å². The first-order chi connectivity index (χ1) is 7.00. The molecular weight excluding hydrogens is 186 g/mol. The molecule has 1 atom stereocenters.